The fraction of sp³-hybridized carbons (Fsp3) is 0.286. The molecular formula is C21H23N3O5. The summed E-state index contributed by atoms with van der Waals surface area (Å²) in [6, 6.07) is 8.92. The Morgan fingerprint density at radius 1 is 1.17 bits per heavy atom. The van der Waals surface area contributed by atoms with Gasteiger partial charge in [0.1, 0.15) is 0 Å². The molecule has 0 aliphatic heterocycles. The van der Waals surface area contributed by atoms with Crippen molar-refractivity contribution in [2.24, 2.45) is 0 Å². The van der Waals surface area contributed by atoms with E-state index in [1.807, 2.05) is 13.0 Å². The zero-order valence-electron chi connectivity index (χ0n) is 16.6. The number of nitrogens with zero attached hydrogens (tertiary/aromatic N) is 3. The quantitative estimate of drug-likeness (QED) is 0.507. The van der Waals surface area contributed by atoms with Crippen molar-refractivity contribution < 1.29 is 23.1 Å². The summed E-state index contributed by atoms with van der Waals surface area (Å²) in [4.78, 5) is 14.3. The van der Waals surface area contributed by atoms with Gasteiger partial charge in [-0.25, -0.2) is 0 Å². The highest BCUT2D eigenvalue weighted by Gasteiger charge is 2.16. The van der Waals surface area contributed by atoms with Gasteiger partial charge >= 0.3 is 0 Å². The third-order valence-corrected chi connectivity index (χ3v) is 4.16. The van der Waals surface area contributed by atoms with Crippen molar-refractivity contribution in [1.82, 2.24) is 15.1 Å². The standard InChI is InChI=1S/C21H23N3O5/c1-4-11-24(14-19-22-23-21(29-19)17-6-5-12-28-17)20(25)10-8-15-7-9-16(26-2)18(13-15)27-3/h5-10,12-13H,4,11,14H2,1-3H3/b10-8+. The molecule has 3 rings (SSSR count). The van der Waals surface area contributed by atoms with E-state index in [0.29, 0.717) is 29.7 Å². The van der Waals surface area contributed by atoms with Crippen LogP contribution in [-0.4, -0.2) is 41.8 Å². The van der Waals surface area contributed by atoms with Crippen molar-refractivity contribution in [2.75, 3.05) is 20.8 Å². The highest BCUT2D eigenvalue weighted by Crippen LogP contribution is 2.28. The maximum atomic E-state index is 12.7. The molecule has 0 unspecified atom stereocenters. The van der Waals surface area contributed by atoms with Crippen LogP contribution in [-0.2, 0) is 11.3 Å². The van der Waals surface area contributed by atoms with Gasteiger partial charge in [-0.2, -0.15) is 0 Å². The molecular weight excluding hydrogens is 374 g/mol. The Bertz CT molecular complexity index is 963. The Kier molecular flexibility index (Phi) is 6.67. The molecule has 1 aromatic carbocycles. The molecule has 0 spiro atoms. The minimum absolute atomic E-state index is 0.153. The van der Waals surface area contributed by atoms with Gasteiger partial charge < -0.3 is 23.2 Å². The average molecular weight is 397 g/mol. The molecule has 152 valence electrons. The smallest absolute Gasteiger partial charge is 0.283 e. The summed E-state index contributed by atoms with van der Waals surface area (Å²) in [6.45, 7) is 2.78. The molecule has 29 heavy (non-hydrogen) atoms. The van der Waals surface area contributed by atoms with Crippen molar-refractivity contribution in [3.63, 3.8) is 0 Å². The molecule has 1 amide bonds. The lowest BCUT2D eigenvalue weighted by molar-refractivity contribution is -0.126. The van der Waals surface area contributed by atoms with Crippen molar-refractivity contribution in [3.05, 3.63) is 54.1 Å². The normalized spacial score (nSPS) is 11.0. The van der Waals surface area contributed by atoms with Crippen LogP contribution in [0.2, 0.25) is 0 Å². The number of benzene rings is 1. The first-order valence-electron chi connectivity index (χ1n) is 9.19. The molecule has 0 fully saturated rings. The van der Waals surface area contributed by atoms with Crippen molar-refractivity contribution in [3.8, 4) is 23.1 Å². The van der Waals surface area contributed by atoms with E-state index in [1.54, 1.807) is 49.5 Å². The molecule has 3 aromatic rings. The molecule has 8 nitrogen and oxygen atoms in total. The Labute approximate surface area is 168 Å². The van der Waals surface area contributed by atoms with Gasteiger partial charge in [0.2, 0.25) is 11.8 Å². The van der Waals surface area contributed by atoms with Crippen LogP contribution in [0.4, 0.5) is 0 Å². The van der Waals surface area contributed by atoms with E-state index in [-0.39, 0.29) is 18.3 Å². The van der Waals surface area contributed by atoms with E-state index in [0.717, 1.165) is 12.0 Å². The van der Waals surface area contributed by atoms with Crippen LogP contribution in [0.5, 0.6) is 11.5 Å². The summed E-state index contributed by atoms with van der Waals surface area (Å²) in [5, 5.41) is 7.98. The SMILES string of the molecule is CCCN(Cc1nnc(-c2ccco2)o1)C(=O)/C=C/c1ccc(OC)c(OC)c1. The summed E-state index contributed by atoms with van der Waals surface area (Å²) in [5.41, 5.74) is 0.824. The zero-order chi connectivity index (χ0) is 20.6. The summed E-state index contributed by atoms with van der Waals surface area (Å²) in [6.07, 6.45) is 5.58. The Morgan fingerprint density at radius 3 is 2.69 bits per heavy atom. The first-order chi connectivity index (χ1) is 14.1. The first kappa shape index (κ1) is 20.2. The van der Waals surface area contributed by atoms with E-state index in [4.69, 9.17) is 18.3 Å². The fourth-order valence-electron chi connectivity index (χ4n) is 2.75. The number of aromatic nitrogens is 2. The van der Waals surface area contributed by atoms with E-state index < -0.39 is 0 Å². The molecule has 0 N–H and O–H groups in total. The highest BCUT2D eigenvalue weighted by molar-refractivity contribution is 5.91. The number of methoxy groups -OCH3 is 2. The molecule has 0 radical (unpaired) electrons. The lowest BCUT2D eigenvalue weighted by Gasteiger charge is -2.18. The number of hydrogen-bond acceptors (Lipinski definition) is 7. The van der Waals surface area contributed by atoms with Gasteiger partial charge in [-0.15, -0.1) is 10.2 Å². The number of carbonyl (C=O) groups excluding carboxylic acids is 1. The number of carbonyl (C=O) groups is 1. The lowest BCUT2D eigenvalue weighted by Crippen LogP contribution is -2.29. The Morgan fingerprint density at radius 2 is 2.00 bits per heavy atom. The minimum atomic E-state index is -0.153. The van der Waals surface area contributed by atoms with Crippen molar-refractivity contribution in [2.45, 2.75) is 19.9 Å². The second-order valence-electron chi connectivity index (χ2n) is 6.19. The second-order valence-corrected chi connectivity index (χ2v) is 6.19. The van der Waals surface area contributed by atoms with Gasteiger partial charge in [0.25, 0.3) is 5.89 Å². The number of rotatable bonds is 9. The maximum Gasteiger partial charge on any atom is 0.283 e. The molecule has 2 aromatic heterocycles. The molecule has 0 saturated heterocycles. The predicted octanol–water partition coefficient (Wildman–Crippen LogP) is 3.80. The van der Waals surface area contributed by atoms with Crippen LogP contribution >= 0.6 is 0 Å². The lowest BCUT2D eigenvalue weighted by atomic mass is 10.2. The monoisotopic (exact) mass is 397 g/mol. The van der Waals surface area contributed by atoms with Crippen molar-refractivity contribution >= 4 is 12.0 Å². The van der Waals surface area contributed by atoms with Crippen LogP contribution in [0.3, 0.4) is 0 Å². The van der Waals surface area contributed by atoms with E-state index in [1.165, 1.54) is 12.3 Å². The molecule has 0 aliphatic rings. The third kappa shape index (κ3) is 5.04. The Balaban J connectivity index is 1.70. The maximum absolute atomic E-state index is 12.7. The fourth-order valence-corrected chi connectivity index (χ4v) is 2.75. The second kappa shape index (κ2) is 9.59. The van der Waals surface area contributed by atoms with Gasteiger partial charge in [0.05, 0.1) is 27.0 Å². The minimum Gasteiger partial charge on any atom is -0.493 e. The molecule has 0 atom stereocenters. The average Bonchev–Trinajstić information content (AvgIpc) is 3.43. The number of amides is 1. The summed E-state index contributed by atoms with van der Waals surface area (Å²) in [5.74, 6) is 2.20. The number of ether oxygens (including phenoxy) is 2. The predicted molar refractivity (Wildman–Crippen MR) is 106 cm³/mol. The van der Waals surface area contributed by atoms with E-state index in [9.17, 15) is 4.79 Å². The summed E-state index contributed by atoms with van der Waals surface area (Å²) < 4.78 is 21.4. The van der Waals surface area contributed by atoms with Gasteiger partial charge in [-0.05, 0) is 42.3 Å². The molecule has 0 aliphatic carbocycles. The summed E-state index contributed by atoms with van der Waals surface area (Å²) in [7, 11) is 3.15. The van der Waals surface area contributed by atoms with Gasteiger partial charge in [0.15, 0.2) is 17.3 Å². The molecule has 0 bridgehead atoms. The first-order valence-corrected chi connectivity index (χ1v) is 9.19. The third-order valence-electron chi connectivity index (χ3n) is 4.16. The van der Waals surface area contributed by atoms with Gasteiger partial charge in [-0.1, -0.05) is 13.0 Å². The van der Waals surface area contributed by atoms with Crippen LogP contribution in [0.15, 0.2) is 51.5 Å². The van der Waals surface area contributed by atoms with Gasteiger partial charge in [0, 0.05) is 12.6 Å². The van der Waals surface area contributed by atoms with Crippen LogP contribution in [0.25, 0.3) is 17.7 Å². The topological polar surface area (TPSA) is 90.8 Å². The number of furan rings is 1. The van der Waals surface area contributed by atoms with E-state index >= 15 is 0 Å². The highest BCUT2D eigenvalue weighted by atomic mass is 16.5. The van der Waals surface area contributed by atoms with Crippen LogP contribution < -0.4 is 9.47 Å². The molecule has 0 saturated carbocycles. The number of hydrogen-bond donors (Lipinski definition) is 0. The van der Waals surface area contributed by atoms with Gasteiger partial charge in [-0.3, -0.25) is 4.79 Å². The molecule has 2 heterocycles. The van der Waals surface area contributed by atoms with Crippen LogP contribution in [0, 0.1) is 0 Å². The largest absolute Gasteiger partial charge is 0.493 e. The molecule has 8 heteroatoms. The zero-order valence-corrected chi connectivity index (χ0v) is 16.6. The van der Waals surface area contributed by atoms with E-state index in [2.05, 4.69) is 10.2 Å². The Hall–Kier alpha value is -3.55. The van der Waals surface area contributed by atoms with Crippen LogP contribution in [0.1, 0.15) is 24.8 Å². The summed E-state index contributed by atoms with van der Waals surface area (Å²) >= 11 is 0. The van der Waals surface area contributed by atoms with Crippen molar-refractivity contribution in [1.29, 1.82) is 0 Å².